The Bertz CT molecular complexity index is 925. The van der Waals surface area contributed by atoms with Crippen molar-refractivity contribution in [2.45, 2.75) is 13.8 Å². The van der Waals surface area contributed by atoms with Crippen molar-refractivity contribution >= 4 is 23.1 Å². The SMILES string of the molecule is Cc1cccc(C)c1Nc1nncc(Nc2ccc3c(c2)OCCO3)n1. The number of nitrogens with zero attached hydrogens (tertiary/aromatic N) is 3. The highest BCUT2D eigenvalue weighted by molar-refractivity contribution is 5.65. The van der Waals surface area contributed by atoms with Gasteiger partial charge in [-0.2, -0.15) is 10.1 Å². The standard InChI is InChI=1S/C19H19N5O2/c1-12-4-3-5-13(2)18(12)23-19-22-17(11-20-24-19)21-14-6-7-15-16(10-14)26-9-8-25-15/h3-7,10-11H,8-9H2,1-2H3,(H2,21,22,23,24). The van der Waals surface area contributed by atoms with Gasteiger partial charge < -0.3 is 20.1 Å². The number of aryl methyl sites for hydroxylation is 2. The van der Waals surface area contributed by atoms with Gasteiger partial charge in [0.25, 0.3) is 0 Å². The summed E-state index contributed by atoms with van der Waals surface area (Å²) in [4.78, 5) is 4.49. The maximum absolute atomic E-state index is 5.61. The number of nitrogens with one attached hydrogen (secondary N) is 2. The zero-order valence-electron chi connectivity index (χ0n) is 14.6. The number of para-hydroxylation sites is 1. The molecule has 0 atom stereocenters. The minimum Gasteiger partial charge on any atom is -0.486 e. The molecule has 26 heavy (non-hydrogen) atoms. The minimum absolute atomic E-state index is 0.435. The molecule has 2 heterocycles. The smallest absolute Gasteiger partial charge is 0.249 e. The fraction of sp³-hybridized carbons (Fsp3) is 0.211. The Hall–Kier alpha value is -3.35. The summed E-state index contributed by atoms with van der Waals surface area (Å²) in [6, 6.07) is 11.8. The van der Waals surface area contributed by atoms with E-state index in [4.69, 9.17) is 9.47 Å². The zero-order valence-corrected chi connectivity index (χ0v) is 14.6. The molecule has 0 amide bonds. The number of fused-ring (bicyclic) bond motifs is 1. The maximum Gasteiger partial charge on any atom is 0.249 e. The second-order valence-corrected chi connectivity index (χ2v) is 6.04. The average molecular weight is 349 g/mol. The lowest BCUT2D eigenvalue weighted by molar-refractivity contribution is 0.171. The molecule has 1 aromatic heterocycles. The van der Waals surface area contributed by atoms with Crippen molar-refractivity contribution in [3.8, 4) is 11.5 Å². The molecule has 1 aliphatic heterocycles. The van der Waals surface area contributed by atoms with E-state index in [1.807, 2.05) is 50.2 Å². The van der Waals surface area contributed by atoms with E-state index in [1.165, 1.54) is 0 Å². The lowest BCUT2D eigenvalue weighted by Gasteiger charge is -2.19. The Balaban J connectivity index is 1.54. The van der Waals surface area contributed by atoms with Crippen LogP contribution in [-0.4, -0.2) is 28.4 Å². The fourth-order valence-electron chi connectivity index (χ4n) is 2.81. The predicted octanol–water partition coefficient (Wildman–Crippen LogP) is 3.75. The maximum atomic E-state index is 5.61. The number of benzene rings is 2. The van der Waals surface area contributed by atoms with Gasteiger partial charge in [0.2, 0.25) is 5.95 Å². The molecular weight excluding hydrogens is 330 g/mol. The van der Waals surface area contributed by atoms with Crippen LogP contribution in [0.25, 0.3) is 0 Å². The summed E-state index contributed by atoms with van der Waals surface area (Å²) in [5, 5.41) is 14.6. The molecule has 1 aliphatic rings. The van der Waals surface area contributed by atoms with E-state index < -0.39 is 0 Å². The summed E-state index contributed by atoms with van der Waals surface area (Å²) in [6.07, 6.45) is 1.58. The molecule has 0 fully saturated rings. The summed E-state index contributed by atoms with van der Waals surface area (Å²) in [5.41, 5.74) is 4.08. The van der Waals surface area contributed by atoms with E-state index in [0.29, 0.717) is 25.0 Å². The highest BCUT2D eigenvalue weighted by Gasteiger charge is 2.12. The Morgan fingerprint density at radius 2 is 1.69 bits per heavy atom. The van der Waals surface area contributed by atoms with Crippen LogP contribution < -0.4 is 20.1 Å². The Morgan fingerprint density at radius 3 is 2.50 bits per heavy atom. The van der Waals surface area contributed by atoms with Crippen LogP contribution in [0.2, 0.25) is 0 Å². The molecule has 4 rings (SSSR count). The van der Waals surface area contributed by atoms with Gasteiger partial charge in [-0.1, -0.05) is 18.2 Å². The quantitative estimate of drug-likeness (QED) is 0.742. The van der Waals surface area contributed by atoms with E-state index in [9.17, 15) is 0 Å². The van der Waals surface area contributed by atoms with Crippen LogP contribution >= 0.6 is 0 Å². The number of anilines is 4. The highest BCUT2D eigenvalue weighted by atomic mass is 16.6. The number of rotatable bonds is 4. The normalized spacial score (nSPS) is 12.5. The van der Waals surface area contributed by atoms with Crippen LogP contribution in [0.5, 0.6) is 11.5 Å². The minimum atomic E-state index is 0.435. The molecule has 3 aromatic rings. The Labute approximate surface area is 151 Å². The molecule has 0 spiro atoms. The summed E-state index contributed by atoms with van der Waals surface area (Å²) < 4.78 is 11.1. The molecule has 0 unspecified atom stereocenters. The van der Waals surface area contributed by atoms with E-state index in [0.717, 1.165) is 34.0 Å². The van der Waals surface area contributed by atoms with Gasteiger partial charge in [0.05, 0.1) is 6.20 Å². The topological polar surface area (TPSA) is 81.2 Å². The number of aromatic nitrogens is 3. The van der Waals surface area contributed by atoms with Gasteiger partial charge in [-0.05, 0) is 37.1 Å². The Morgan fingerprint density at radius 1 is 0.923 bits per heavy atom. The average Bonchev–Trinajstić information content (AvgIpc) is 2.65. The molecule has 7 nitrogen and oxygen atoms in total. The van der Waals surface area contributed by atoms with E-state index in [2.05, 4.69) is 25.8 Å². The second-order valence-electron chi connectivity index (χ2n) is 6.04. The number of hydrogen-bond acceptors (Lipinski definition) is 7. The first-order chi connectivity index (χ1) is 12.7. The van der Waals surface area contributed by atoms with Gasteiger partial charge in [0.15, 0.2) is 17.3 Å². The van der Waals surface area contributed by atoms with E-state index in [-0.39, 0.29) is 0 Å². The Kier molecular flexibility index (Phi) is 4.27. The van der Waals surface area contributed by atoms with Gasteiger partial charge >= 0.3 is 0 Å². The van der Waals surface area contributed by atoms with Crippen LogP contribution in [0.1, 0.15) is 11.1 Å². The molecule has 0 saturated carbocycles. The van der Waals surface area contributed by atoms with E-state index in [1.54, 1.807) is 6.20 Å². The van der Waals surface area contributed by atoms with Crippen molar-refractivity contribution < 1.29 is 9.47 Å². The molecule has 0 radical (unpaired) electrons. The molecule has 0 bridgehead atoms. The van der Waals surface area contributed by atoms with E-state index >= 15 is 0 Å². The molecule has 2 aromatic carbocycles. The number of hydrogen-bond donors (Lipinski definition) is 2. The first kappa shape index (κ1) is 16.1. The molecule has 132 valence electrons. The third-order valence-corrected chi connectivity index (χ3v) is 4.09. The van der Waals surface area contributed by atoms with Gasteiger partial charge in [-0.25, -0.2) is 0 Å². The monoisotopic (exact) mass is 349 g/mol. The summed E-state index contributed by atoms with van der Waals surface area (Å²) in [5.74, 6) is 2.49. The molecular formula is C19H19N5O2. The van der Waals surface area contributed by atoms with Crippen molar-refractivity contribution in [2.75, 3.05) is 23.8 Å². The third-order valence-electron chi connectivity index (χ3n) is 4.09. The fourth-order valence-corrected chi connectivity index (χ4v) is 2.81. The summed E-state index contributed by atoms with van der Waals surface area (Å²) in [6.45, 7) is 5.21. The zero-order chi connectivity index (χ0) is 17.9. The van der Waals surface area contributed by atoms with Gasteiger partial charge in [-0.15, -0.1) is 5.10 Å². The van der Waals surface area contributed by atoms with Gasteiger partial charge in [0, 0.05) is 17.4 Å². The third kappa shape index (κ3) is 3.37. The molecule has 0 saturated heterocycles. The van der Waals surface area contributed by atoms with Crippen LogP contribution in [0, 0.1) is 13.8 Å². The molecule has 0 aliphatic carbocycles. The first-order valence-electron chi connectivity index (χ1n) is 8.39. The predicted molar refractivity (Wildman–Crippen MR) is 99.7 cm³/mol. The van der Waals surface area contributed by atoms with Crippen molar-refractivity contribution in [1.82, 2.24) is 15.2 Å². The lowest BCUT2D eigenvalue weighted by Crippen LogP contribution is -2.15. The first-order valence-corrected chi connectivity index (χ1v) is 8.39. The molecule has 2 N–H and O–H groups in total. The van der Waals surface area contributed by atoms with Crippen LogP contribution in [0.3, 0.4) is 0 Å². The van der Waals surface area contributed by atoms with Crippen LogP contribution in [-0.2, 0) is 0 Å². The largest absolute Gasteiger partial charge is 0.486 e. The summed E-state index contributed by atoms with van der Waals surface area (Å²) >= 11 is 0. The van der Waals surface area contributed by atoms with Gasteiger partial charge in [-0.3, -0.25) is 0 Å². The summed E-state index contributed by atoms with van der Waals surface area (Å²) in [7, 11) is 0. The molecule has 7 heteroatoms. The van der Waals surface area contributed by atoms with Crippen LogP contribution in [0.4, 0.5) is 23.1 Å². The van der Waals surface area contributed by atoms with Crippen molar-refractivity contribution in [2.24, 2.45) is 0 Å². The van der Waals surface area contributed by atoms with Crippen molar-refractivity contribution in [3.05, 3.63) is 53.7 Å². The van der Waals surface area contributed by atoms with Crippen molar-refractivity contribution in [3.63, 3.8) is 0 Å². The lowest BCUT2D eigenvalue weighted by atomic mass is 10.1. The number of ether oxygens (including phenoxy) is 2. The van der Waals surface area contributed by atoms with Crippen molar-refractivity contribution in [1.29, 1.82) is 0 Å². The second kappa shape index (κ2) is 6.87. The highest BCUT2D eigenvalue weighted by Crippen LogP contribution is 2.33. The van der Waals surface area contributed by atoms with Gasteiger partial charge in [0.1, 0.15) is 13.2 Å². The van der Waals surface area contributed by atoms with Crippen LogP contribution in [0.15, 0.2) is 42.6 Å².